The summed E-state index contributed by atoms with van der Waals surface area (Å²) in [5.74, 6) is -0.904. The van der Waals surface area contributed by atoms with Crippen LogP contribution in [-0.2, 0) is 9.53 Å². The van der Waals surface area contributed by atoms with Gasteiger partial charge in [-0.25, -0.2) is 9.59 Å². The van der Waals surface area contributed by atoms with Crippen molar-refractivity contribution in [1.29, 1.82) is 0 Å². The van der Waals surface area contributed by atoms with Gasteiger partial charge in [-0.05, 0) is 67.1 Å². The second-order valence-electron chi connectivity index (χ2n) is 8.60. The van der Waals surface area contributed by atoms with Gasteiger partial charge in [0.2, 0.25) is 0 Å². The zero-order valence-corrected chi connectivity index (χ0v) is 21.5. The van der Waals surface area contributed by atoms with E-state index in [1.54, 1.807) is 61.5 Å². The van der Waals surface area contributed by atoms with Crippen molar-refractivity contribution in [3.63, 3.8) is 0 Å². The zero-order chi connectivity index (χ0) is 27.5. The monoisotopic (exact) mass is 539 g/mol. The highest BCUT2D eigenvalue weighted by molar-refractivity contribution is 6.34. The van der Waals surface area contributed by atoms with Crippen molar-refractivity contribution in [2.75, 3.05) is 11.5 Å². The van der Waals surface area contributed by atoms with Crippen molar-refractivity contribution < 1.29 is 28.6 Å². The zero-order valence-electron chi connectivity index (χ0n) is 20.8. The maximum absolute atomic E-state index is 13.6. The van der Waals surface area contributed by atoms with Gasteiger partial charge in [0.25, 0.3) is 5.91 Å². The number of hydrogen-bond acceptors (Lipinski definition) is 5. The fraction of sp³-hybridized carbons (Fsp3) is 0.0645. The number of carbonyl (C=O) groups is 3. The molecule has 5 rings (SSSR count). The van der Waals surface area contributed by atoms with E-state index >= 15 is 0 Å². The predicted molar refractivity (Wildman–Crippen MR) is 148 cm³/mol. The first-order valence-corrected chi connectivity index (χ1v) is 12.5. The van der Waals surface area contributed by atoms with Crippen LogP contribution in [0.1, 0.15) is 39.0 Å². The number of benzene rings is 3. The number of carboxylic acid groups (broad SMARTS) is 1. The number of anilines is 1. The topological polar surface area (TPSA) is 97.0 Å². The molecule has 0 radical (unpaired) electrons. The van der Waals surface area contributed by atoms with Crippen LogP contribution in [0.3, 0.4) is 0 Å². The largest absolute Gasteiger partial charge is 0.478 e. The summed E-state index contributed by atoms with van der Waals surface area (Å²) in [7, 11) is 0. The molecule has 1 amide bonds. The number of ether oxygens (including phenoxy) is 1. The second kappa shape index (κ2) is 10.8. The summed E-state index contributed by atoms with van der Waals surface area (Å²) >= 11 is 6.07. The van der Waals surface area contributed by atoms with Gasteiger partial charge in [0, 0.05) is 11.1 Å². The Hall–Kier alpha value is -4.88. The first-order chi connectivity index (χ1) is 18.9. The molecule has 2 heterocycles. The fourth-order valence-corrected chi connectivity index (χ4v) is 4.43. The molecule has 1 aliphatic rings. The quantitative estimate of drug-likeness (QED) is 0.202. The summed E-state index contributed by atoms with van der Waals surface area (Å²) in [6.07, 6.45) is 3.37. The lowest BCUT2D eigenvalue weighted by atomic mass is 10.1. The molecule has 0 unspecified atom stereocenters. The second-order valence-corrected chi connectivity index (χ2v) is 9.01. The van der Waals surface area contributed by atoms with E-state index in [1.165, 1.54) is 17.0 Å². The Bertz CT molecular complexity index is 1630. The van der Waals surface area contributed by atoms with Crippen molar-refractivity contribution in [2.45, 2.75) is 6.92 Å². The first kappa shape index (κ1) is 25.8. The summed E-state index contributed by atoms with van der Waals surface area (Å²) in [6, 6.07) is 24.2. The van der Waals surface area contributed by atoms with Crippen molar-refractivity contribution in [2.24, 2.45) is 0 Å². The Morgan fingerprint density at radius 3 is 2.41 bits per heavy atom. The maximum Gasteiger partial charge on any atom is 0.338 e. The molecule has 0 aliphatic carbocycles. The molecule has 194 valence electrons. The minimum absolute atomic E-state index is 0.0808. The average Bonchev–Trinajstić information content (AvgIpc) is 3.54. The minimum atomic E-state index is -1.19. The van der Waals surface area contributed by atoms with Gasteiger partial charge in [-0.2, -0.15) is 0 Å². The molecule has 0 atom stereocenters. The van der Waals surface area contributed by atoms with Gasteiger partial charge < -0.3 is 14.3 Å². The number of carboxylic acids is 1. The Labute approximate surface area is 229 Å². The Morgan fingerprint density at radius 1 is 0.974 bits per heavy atom. The Morgan fingerprint density at radius 2 is 1.72 bits per heavy atom. The van der Waals surface area contributed by atoms with Gasteiger partial charge in [0.1, 0.15) is 11.5 Å². The lowest BCUT2D eigenvalue weighted by Gasteiger charge is -2.21. The number of amides is 1. The molecule has 1 N–H and O–H groups in total. The van der Waals surface area contributed by atoms with Crippen LogP contribution in [0.25, 0.3) is 23.1 Å². The SMILES string of the molecule is CCOC(=O)c1ccc(-c2ccc(C=C3C=C(c4ccccc4)N(c4ccc(Cl)c(C(=O)O)c4)C3=O)o2)cc1. The van der Waals surface area contributed by atoms with Gasteiger partial charge >= 0.3 is 11.9 Å². The molecule has 0 fully saturated rings. The van der Waals surface area contributed by atoms with E-state index in [4.69, 9.17) is 20.8 Å². The predicted octanol–water partition coefficient (Wildman–Crippen LogP) is 6.95. The van der Waals surface area contributed by atoms with Gasteiger partial charge in [-0.1, -0.05) is 54.1 Å². The van der Waals surface area contributed by atoms with Gasteiger partial charge in [-0.3, -0.25) is 9.69 Å². The summed E-state index contributed by atoms with van der Waals surface area (Å²) in [5, 5.41) is 9.62. The number of rotatable bonds is 7. The minimum Gasteiger partial charge on any atom is -0.478 e. The molecule has 1 aromatic heterocycles. The van der Waals surface area contributed by atoms with E-state index in [-0.39, 0.29) is 16.5 Å². The Balaban J connectivity index is 1.49. The molecule has 7 nitrogen and oxygen atoms in total. The normalized spacial score (nSPS) is 14.0. The summed E-state index contributed by atoms with van der Waals surface area (Å²) < 4.78 is 11.0. The highest BCUT2D eigenvalue weighted by atomic mass is 35.5. The van der Waals surface area contributed by atoms with E-state index in [0.29, 0.717) is 40.6 Å². The van der Waals surface area contributed by atoms with Crippen LogP contribution in [0, 0.1) is 0 Å². The summed E-state index contributed by atoms with van der Waals surface area (Å²) in [4.78, 5) is 38.7. The van der Waals surface area contributed by atoms with Crippen molar-refractivity contribution >= 4 is 46.9 Å². The number of aromatic carboxylic acids is 1. The smallest absolute Gasteiger partial charge is 0.338 e. The first-order valence-electron chi connectivity index (χ1n) is 12.1. The molecule has 39 heavy (non-hydrogen) atoms. The number of hydrogen-bond donors (Lipinski definition) is 1. The van der Waals surface area contributed by atoms with Crippen LogP contribution in [0.2, 0.25) is 5.02 Å². The number of carbonyl (C=O) groups excluding carboxylic acids is 2. The molecule has 3 aromatic carbocycles. The van der Waals surface area contributed by atoms with Crippen molar-refractivity contribution in [1.82, 2.24) is 0 Å². The molecule has 4 aromatic rings. The van der Waals surface area contributed by atoms with Crippen molar-refractivity contribution in [3.8, 4) is 11.3 Å². The number of esters is 1. The van der Waals surface area contributed by atoms with Gasteiger partial charge in [0.15, 0.2) is 0 Å². The molecule has 0 saturated carbocycles. The number of nitrogens with zero attached hydrogens (tertiary/aromatic N) is 1. The van der Waals surface area contributed by atoms with E-state index < -0.39 is 11.9 Å². The number of furan rings is 1. The molecular weight excluding hydrogens is 518 g/mol. The highest BCUT2D eigenvalue weighted by Gasteiger charge is 2.31. The lowest BCUT2D eigenvalue weighted by Crippen LogP contribution is -2.25. The van der Waals surface area contributed by atoms with Crippen LogP contribution >= 0.6 is 11.6 Å². The maximum atomic E-state index is 13.6. The van der Waals surface area contributed by atoms with Crippen LogP contribution in [-0.4, -0.2) is 29.6 Å². The van der Waals surface area contributed by atoms with Crippen LogP contribution < -0.4 is 4.90 Å². The van der Waals surface area contributed by atoms with Crippen LogP contribution in [0.5, 0.6) is 0 Å². The lowest BCUT2D eigenvalue weighted by molar-refractivity contribution is -0.113. The molecular formula is C31H22ClNO6. The van der Waals surface area contributed by atoms with Crippen LogP contribution in [0.15, 0.2) is 101 Å². The van der Waals surface area contributed by atoms with E-state index in [2.05, 4.69) is 0 Å². The molecule has 0 spiro atoms. The number of halogens is 1. The highest BCUT2D eigenvalue weighted by Crippen LogP contribution is 2.37. The van der Waals surface area contributed by atoms with E-state index in [0.717, 1.165) is 11.1 Å². The Kier molecular flexibility index (Phi) is 7.17. The van der Waals surface area contributed by atoms with Gasteiger partial charge in [-0.15, -0.1) is 0 Å². The third-order valence-electron chi connectivity index (χ3n) is 6.10. The molecule has 1 aliphatic heterocycles. The molecule has 8 heteroatoms. The standard InChI is InChI=1S/C31H22ClNO6/c1-2-38-31(37)21-10-8-20(9-11-21)28-15-13-24(39-28)16-22-17-27(19-6-4-3-5-7-19)33(29(22)34)23-12-14-26(32)25(18-23)30(35)36/h3-18H,2H2,1H3,(H,35,36). The van der Waals surface area contributed by atoms with Crippen molar-refractivity contribution in [3.05, 3.63) is 124 Å². The molecule has 0 saturated heterocycles. The third kappa shape index (κ3) is 5.26. The summed E-state index contributed by atoms with van der Waals surface area (Å²) in [6.45, 7) is 2.05. The van der Waals surface area contributed by atoms with E-state index in [1.807, 2.05) is 30.3 Å². The average molecular weight is 540 g/mol. The van der Waals surface area contributed by atoms with E-state index in [9.17, 15) is 19.5 Å². The molecule has 0 bridgehead atoms. The third-order valence-corrected chi connectivity index (χ3v) is 6.43. The summed E-state index contributed by atoms with van der Waals surface area (Å²) in [5.41, 5.74) is 3.21. The van der Waals surface area contributed by atoms with Crippen LogP contribution in [0.4, 0.5) is 5.69 Å². The van der Waals surface area contributed by atoms with Gasteiger partial charge in [0.05, 0.1) is 34.1 Å². The fourth-order valence-electron chi connectivity index (χ4n) is 4.23.